The first-order valence-electron chi connectivity index (χ1n) is 8.47. The molecule has 7 nitrogen and oxygen atoms in total. The largest absolute Gasteiger partial charge is 0.349 e. The van der Waals surface area contributed by atoms with E-state index in [-0.39, 0.29) is 5.91 Å². The molecule has 0 aliphatic carbocycles. The first-order chi connectivity index (χ1) is 12.2. The molecule has 3 rings (SSSR count). The Bertz CT molecular complexity index is 873. The predicted octanol–water partition coefficient (Wildman–Crippen LogP) is 1.85. The molecule has 2 N–H and O–H groups in total. The molecule has 0 aliphatic rings. The minimum atomic E-state index is -0.204. The fourth-order valence-corrected chi connectivity index (χ4v) is 2.63. The van der Waals surface area contributed by atoms with Gasteiger partial charge in [-0.3, -0.25) is 9.78 Å². The second-order valence-electron chi connectivity index (χ2n) is 5.82. The van der Waals surface area contributed by atoms with Crippen LogP contribution >= 0.6 is 0 Å². The van der Waals surface area contributed by atoms with Crippen LogP contribution < -0.4 is 10.6 Å². The van der Waals surface area contributed by atoms with Crippen molar-refractivity contribution >= 4 is 16.8 Å². The van der Waals surface area contributed by atoms with Crippen molar-refractivity contribution in [3.63, 3.8) is 0 Å². The highest BCUT2D eigenvalue weighted by molar-refractivity contribution is 5.93. The maximum Gasteiger partial charge on any atom is 0.273 e. The van der Waals surface area contributed by atoms with E-state index in [4.69, 9.17) is 0 Å². The van der Waals surface area contributed by atoms with E-state index in [0.29, 0.717) is 17.9 Å². The number of rotatable bonds is 7. The zero-order valence-corrected chi connectivity index (χ0v) is 14.5. The number of hydrogen-bond donors (Lipinski definition) is 2. The quantitative estimate of drug-likeness (QED) is 0.642. The number of nitrogens with one attached hydrogen (secondary N) is 2. The van der Waals surface area contributed by atoms with Gasteiger partial charge in [-0.1, -0.05) is 18.2 Å². The van der Waals surface area contributed by atoms with E-state index in [1.54, 1.807) is 10.9 Å². The van der Waals surface area contributed by atoms with Crippen LogP contribution in [0.4, 0.5) is 0 Å². The summed E-state index contributed by atoms with van der Waals surface area (Å²) in [7, 11) is 0. The van der Waals surface area contributed by atoms with Crippen LogP contribution in [0.1, 0.15) is 29.5 Å². The number of pyridine rings is 1. The van der Waals surface area contributed by atoms with Crippen molar-refractivity contribution in [3.05, 3.63) is 47.9 Å². The third-order valence-electron chi connectivity index (χ3n) is 3.95. The Kier molecular flexibility index (Phi) is 5.35. The molecule has 0 aliphatic heterocycles. The summed E-state index contributed by atoms with van der Waals surface area (Å²) in [4.78, 5) is 16.6. The lowest BCUT2D eigenvalue weighted by molar-refractivity contribution is 0.0948. The second-order valence-corrected chi connectivity index (χ2v) is 5.82. The zero-order chi connectivity index (χ0) is 17.6. The molecule has 1 amide bonds. The summed E-state index contributed by atoms with van der Waals surface area (Å²) in [5, 5.41) is 15.3. The Hall–Kier alpha value is -2.80. The number of carbonyl (C=O) groups is 1. The molecule has 1 aromatic carbocycles. The molecule has 25 heavy (non-hydrogen) atoms. The Morgan fingerprint density at radius 3 is 2.92 bits per heavy atom. The van der Waals surface area contributed by atoms with Crippen LogP contribution in [0.5, 0.6) is 0 Å². The number of amides is 1. The average Bonchev–Trinajstić information content (AvgIpc) is 3.02. The van der Waals surface area contributed by atoms with Gasteiger partial charge in [0.1, 0.15) is 0 Å². The number of fused-ring (bicyclic) bond motifs is 1. The predicted molar refractivity (Wildman–Crippen MR) is 96.9 cm³/mol. The molecule has 0 saturated heterocycles. The summed E-state index contributed by atoms with van der Waals surface area (Å²) in [6, 6.07) is 9.74. The molecule has 0 bridgehead atoms. The fourth-order valence-electron chi connectivity index (χ4n) is 2.63. The van der Waals surface area contributed by atoms with Crippen LogP contribution in [-0.4, -0.2) is 45.5 Å². The van der Waals surface area contributed by atoms with E-state index < -0.39 is 0 Å². The lowest BCUT2D eigenvalue weighted by Gasteiger charge is -2.06. The first kappa shape index (κ1) is 17.0. The van der Waals surface area contributed by atoms with Gasteiger partial charge in [-0.2, -0.15) is 0 Å². The minimum Gasteiger partial charge on any atom is -0.349 e. The van der Waals surface area contributed by atoms with E-state index in [1.807, 2.05) is 37.3 Å². The topological polar surface area (TPSA) is 84.7 Å². The molecular weight excluding hydrogens is 316 g/mol. The number of benzene rings is 1. The summed E-state index contributed by atoms with van der Waals surface area (Å²) in [6.07, 6.45) is 2.84. The second kappa shape index (κ2) is 7.85. The van der Waals surface area contributed by atoms with Gasteiger partial charge in [-0.05, 0) is 44.2 Å². The SMILES string of the molecule is CCCNCCNC(=O)c1nnn(-c2ccc3ncccc3c2)c1C. The van der Waals surface area contributed by atoms with Crippen molar-refractivity contribution in [2.45, 2.75) is 20.3 Å². The van der Waals surface area contributed by atoms with Gasteiger partial charge >= 0.3 is 0 Å². The van der Waals surface area contributed by atoms with E-state index >= 15 is 0 Å². The van der Waals surface area contributed by atoms with E-state index in [0.717, 1.165) is 36.1 Å². The fraction of sp³-hybridized carbons (Fsp3) is 0.333. The molecule has 0 radical (unpaired) electrons. The van der Waals surface area contributed by atoms with Gasteiger partial charge in [0.25, 0.3) is 5.91 Å². The van der Waals surface area contributed by atoms with Gasteiger partial charge in [-0.25, -0.2) is 4.68 Å². The van der Waals surface area contributed by atoms with Crippen molar-refractivity contribution in [2.24, 2.45) is 0 Å². The summed E-state index contributed by atoms with van der Waals surface area (Å²) in [5.41, 5.74) is 2.83. The maximum absolute atomic E-state index is 12.3. The molecular formula is C18H22N6O. The van der Waals surface area contributed by atoms with Crippen LogP contribution in [0, 0.1) is 6.92 Å². The summed E-state index contributed by atoms with van der Waals surface area (Å²) < 4.78 is 1.68. The van der Waals surface area contributed by atoms with E-state index in [2.05, 4.69) is 32.9 Å². The normalized spacial score (nSPS) is 11.0. The molecule has 0 atom stereocenters. The van der Waals surface area contributed by atoms with Gasteiger partial charge in [0.05, 0.1) is 16.9 Å². The lowest BCUT2D eigenvalue weighted by Crippen LogP contribution is -2.32. The average molecular weight is 338 g/mol. The summed E-state index contributed by atoms with van der Waals surface area (Å²) in [6.45, 7) is 6.20. The highest BCUT2D eigenvalue weighted by Crippen LogP contribution is 2.18. The Morgan fingerprint density at radius 1 is 1.20 bits per heavy atom. The zero-order valence-electron chi connectivity index (χ0n) is 14.5. The molecule has 7 heteroatoms. The first-order valence-corrected chi connectivity index (χ1v) is 8.47. The third-order valence-corrected chi connectivity index (χ3v) is 3.95. The molecule has 0 spiro atoms. The van der Waals surface area contributed by atoms with E-state index in [1.165, 1.54) is 0 Å². The number of nitrogens with zero attached hydrogens (tertiary/aromatic N) is 4. The smallest absolute Gasteiger partial charge is 0.273 e. The van der Waals surface area contributed by atoms with Gasteiger partial charge in [0.2, 0.25) is 0 Å². The maximum atomic E-state index is 12.3. The van der Waals surface area contributed by atoms with Crippen LogP contribution in [0.2, 0.25) is 0 Å². The van der Waals surface area contributed by atoms with Crippen molar-refractivity contribution in [3.8, 4) is 5.69 Å². The molecule has 2 aromatic heterocycles. The van der Waals surface area contributed by atoms with Crippen LogP contribution in [0.15, 0.2) is 36.5 Å². The highest BCUT2D eigenvalue weighted by Gasteiger charge is 2.17. The molecule has 0 unspecified atom stereocenters. The molecule has 130 valence electrons. The standard InChI is InChI=1S/C18H22N6O/c1-3-8-19-10-11-21-18(25)17-13(2)24(23-22-17)15-6-7-16-14(12-15)5-4-9-20-16/h4-7,9,12,19H,3,8,10-11H2,1-2H3,(H,21,25). The van der Waals surface area contributed by atoms with Gasteiger partial charge in [0, 0.05) is 24.7 Å². The van der Waals surface area contributed by atoms with Crippen LogP contribution in [-0.2, 0) is 0 Å². The van der Waals surface area contributed by atoms with Crippen molar-refractivity contribution < 1.29 is 4.79 Å². The summed E-state index contributed by atoms with van der Waals surface area (Å²) >= 11 is 0. The van der Waals surface area contributed by atoms with Crippen molar-refractivity contribution in [1.29, 1.82) is 0 Å². The molecule has 3 aromatic rings. The molecule has 0 saturated carbocycles. The van der Waals surface area contributed by atoms with Gasteiger partial charge < -0.3 is 10.6 Å². The molecule has 0 fully saturated rings. The third kappa shape index (κ3) is 3.83. The van der Waals surface area contributed by atoms with Gasteiger partial charge in [0.15, 0.2) is 5.69 Å². The highest BCUT2D eigenvalue weighted by atomic mass is 16.2. The Labute approximate surface area is 146 Å². The lowest BCUT2D eigenvalue weighted by atomic mass is 10.2. The Morgan fingerprint density at radius 2 is 2.08 bits per heavy atom. The van der Waals surface area contributed by atoms with Gasteiger partial charge in [-0.15, -0.1) is 5.10 Å². The molecule has 2 heterocycles. The van der Waals surface area contributed by atoms with E-state index in [9.17, 15) is 4.79 Å². The number of aromatic nitrogens is 4. The number of hydrogen-bond acceptors (Lipinski definition) is 5. The Balaban J connectivity index is 1.74. The monoisotopic (exact) mass is 338 g/mol. The van der Waals surface area contributed by atoms with Crippen LogP contribution in [0.25, 0.3) is 16.6 Å². The summed E-state index contributed by atoms with van der Waals surface area (Å²) in [5.74, 6) is -0.204. The number of carbonyl (C=O) groups excluding carboxylic acids is 1. The van der Waals surface area contributed by atoms with Crippen LogP contribution in [0.3, 0.4) is 0 Å². The minimum absolute atomic E-state index is 0.204. The van der Waals surface area contributed by atoms with Crippen molar-refractivity contribution in [1.82, 2.24) is 30.6 Å². The van der Waals surface area contributed by atoms with Crippen molar-refractivity contribution in [2.75, 3.05) is 19.6 Å².